The van der Waals surface area contributed by atoms with Gasteiger partial charge in [0.2, 0.25) is 0 Å². The summed E-state index contributed by atoms with van der Waals surface area (Å²) in [5.41, 5.74) is 0. The van der Waals surface area contributed by atoms with E-state index in [1.54, 1.807) is 0 Å². The Labute approximate surface area is 443 Å². The molecule has 0 aromatic carbocycles. The van der Waals surface area contributed by atoms with Crippen LogP contribution in [-0.2, 0) is 28.6 Å². The van der Waals surface area contributed by atoms with Crippen LogP contribution in [-0.4, -0.2) is 37.2 Å². The average Bonchev–Trinajstić information content (AvgIpc) is 3.38. The van der Waals surface area contributed by atoms with Crippen LogP contribution in [0, 0.1) is 0 Å². The van der Waals surface area contributed by atoms with Crippen LogP contribution in [0.25, 0.3) is 0 Å². The van der Waals surface area contributed by atoms with Gasteiger partial charge in [-0.2, -0.15) is 0 Å². The summed E-state index contributed by atoms with van der Waals surface area (Å²) in [6, 6.07) is 0. The molecule has 0 N–H and O–H groups in total. The number of unbranched alkanes of at least 4 members (excludes halogenated alkanes) is 27. The van der Waals surface area contributed by atoms with Gasteiger partial charge in [-0.3, -0.25) is 14.4 Å². The number of hydrogen-bond donors (Lipinski definition) is 0. The smallest absolute Gasteiger partial charge is 0.306 e. The summed E-state index contributed by atoms with van der Waals surface area (Å²) in [7, 11) is 0. The third-order valence-electron chi connectivity index (χ3n) is 12.4. The van der Waals surface area contributed by atoms with Crippen molar-refractivity contribution in [3.63, 3.8) is 0 Å². The number of carbonyl (C=O) groups is 3. The number of rotatable bonds is 52. The maximum atomic E-state index is 12.9. The van der Waals surface area contributed by atoms with E-state index in [9.17, 15) is 14.4 Å². The van der Waals surface area contributed by atoms with E-state index in [1.807, 2.05) is 72.9 Å². The van der Waals surface area contributed by atoms with E-state index in [-0.39, 0.29) is 37.5 Å². The standard InChI is InChI=1S/C66H108O6/c1-4-7-10-13-16-19-22-25-28-31-33-36-38-41-44-47-50-53-56-59-65(68)71-62-63(61-70-64(67)58-55-52-49-46-43-40-37-34-30-27-24-21-18-15-12-9-6-3)72-66(69)60-57-54-51-48-45-42-39-35-32-29-26-23-20-17-14-11-8-5-2/h7,10,13,16,19,22,25,27-28,30-31,33,36-38,40-41,44,46,49,63H,4-6,8-9,11-12,14-15,17-18,20-21,23-24,26,29,32,34-35,39,42-43,45,47-48,50-62H2,1-3H3/b10-7-,16-13-,22-19-,28-25-,30-27-,33-31+,38-36-,40-37-,44-41-,49-46-. The van der Waals surface area contributed by atoms with Crippen molar-refractivity contribution in [2.45, 2.75) is 264 Å². The summed E-state index contributed by atoms with van der Waals surface area (Å²) in [6.07, 6.45) is 81.9. The molecular weight excluding hydrogens is 889 g/mol. The summed E-state index contributed by atoms with van der Waals surface area (Å²) in [6.45, 7) is 6.42. The number of ether oxygens (including phenoxy) is 3. The molecule has 0 aliphatic carbocycles. The normalized spacial score (nSPS) is 13.0. The Kier molecular flexibility index (Phi) is 55.9. The van der Waals surface area contributed by atoms with E-state index in [0.717, 1.165) is 70.6 Å². The van der Waals surface area contributed by atoms with Crippen molar-refractivity contribution in [3.8, 4) is 0 Å². The van der Waals surface area contributed by atoms with Crippen LogP contribution in [0.15, 0.2) is 122 Å². The van der Waals surface area contributed by atoms with E-state index in [2.05, 4.69) is 69.4 Å². The molecule has 0 aliphatic heterocycles. The quantitative estimate of drug-likeness (QED) is 0.0199. The molecule has 0 aromatic heterocycles. The highest BCUT2D eigenvalue weighted by atomic mass is 16.6. The third kappa shape index (κ3) is 56.7. The summed E-state index contributed by atoms with van der Waals surface area (Å²) < 4.78 is 16.8. The summed E-state index contributed by atoms with van der Waals surface area (Å²) >= 11 is 0. The maximum Gasteiger partial charge on any atom is 0.306 e. The first-order chi connectivity index (χ1) is 35.5. The minimum absolute atomic E-state index is 0.119. The molecule has 0 saturated heterocycles. The van der Waals surface area contributed by atoms with Gasteiger partial charge in [-0.25, -0.2) is 0 Å². The van der Waals surface area contributed by atoms with E-state index in [1.165, 1.54) is 141 Å². The minimum atomic E-state index is -0.820. The third-order valence-corrected chi connectivity index (χ3v) is 12.4. The van der Waals surface area contributed by atoms with E-state index >= 15 is 0 Å². The van der Waals surface area contributed by atoms with E-state index in [4.69, 9.17) is 14.2 Å². The Balaban J connectivity index is 4.55. The first kappa shape index (κ1) is 67.8. The van der Waals surface area contributed by atoms with Crippen LogP contribution in [0.5, 0.6) is 0 Å². The SMILES string of the molecule is CC\C=C/C=C\C=C/C=C\C=C\C=C/C=C\CCCCCC(=O)OCC(COC(=O)CCC/C=C\C/C=C\C/C=C\CCCCCCCC)OC(=O)CCCCCCCCCCCCCCCCCCCC. The molecular formula is C66H108O6. The second kappa shape index (κ2) is 59.4. The second-order valence-corrected chi connectivity index (χ2v) is 19.4. The minimum Gasteiger partial charge on any atom is -0.462 e. The van der Waals surface area contributed by atoms with Crippen LogP contribution in [0.1, 0.15) is 258 Å². The molecule has 0 radical (unpaired) electrons. The first-order valence-electron chi connectivity index (χ1n) is 29.6. The number of carbonyl (C=O) groups excluding carboxylic acids is 3. The lowest BCUT2D eigenvalue weighted by Crippen LogP contribution is -2.30. The van der Waals surface area contributed by atoms with Gasteiger partial charge in [0.15, 0.2) is 6.10 Å². The predicted octanol–water partition coefficient (Wildman–Crippen LogP) is 20.0. The van der Waals surface area contributed by atoms with Gasteiger partial charge in [-0.05, 0) is 70.6 Å². The Morgan fingerprint density at radius 2 is 0.611 bits per heavy atom. The lowest BCUT2D eigenvalue weighted by atomic mass is 10.0. The Morgan fingerprint density at radius 3 is 1.04 bits per heavy atom. The maximum absolute atomic E-state index is 12.9. The zero-order chi connectivity index (χ0) is 52.2. The van der Waals surface area contributed by atoms with E-state index in [0.29, 0.717) is 19.3 Å². The predicted molar refractivity (Wildman–Crippen MR) is 311 cm³/mol. The van der Waals surface area contributed by atoms with Gasteiger partial charge in [-0.1, -0.05) is 290 Å². The second-order valence-electron chi connectivity index (χ2n) is 19.4. The fourth-order valence-corrected chi connectivity index (χ4v) is 7.97. The van der Waals surface area contributed by atoms with Crippen molar-refractivity contribution in [2.24, 2.45) is 0 Å². The average molecular weight is 998 g/mol. The fraction of sp³-hybridized carbons (Fsp3) is 0.652. The number of hydrogen-bond acceptors (Lipinski definition) is 6. The summed E-state index contributed by atoms with van der Waals surface area (Å²) in [4.78, 5) is 38.2. The molecule has 408 valence electrons. The first-order valence-corrected chi connectivity index (χ1v) is 29.6. The van der Waals surface area contributed by atoms with Crippen molar-refractivity contribution in [1.82, 2.24) is 0 Å². The molecule has 1 atom stereocenters. The Bertz CT molecular complexity index is 1520. The zero-order valence-corrected chi connectivity index (χ0v) is 46.7. The van der Waals surface area contributed by atoms with Gasteiger partial charge in [-0.15, -0.1) is 0 Å². The van der Waals surface area contributed by atoms with Crippen LogP contribution in [0.4, 0.5) is 0 Å². The number of allylic oxidation sites excluding steroid dienone is 20. The van der Waals surface area contributed by atoms with Crippen LogP contribution >= 0.6 is 0 Å². The van der Waals surface area contributed by atoms with Crippen LogP contribution in [0.2, 0.25) is 0 Å². The molecule has 6 heteroatoms. The lowest BCUT2D eigenvalue weighted by molar-refractivity contribution is -0.167. The Hall–Kier alpha value is -4.19. The summed E-state index contributed by atoms with van der Waals surface area (Å²) in [5.74, 6) is -1.01. The highest BCUT2D eigenvalue weighted by molar-refractivity contribution is 5.71. The van der Waals surface area contributed by atoms with Gasteiger partial charge in [0.25, 0.3) is 0 Å². The largest absolute Gasteiger partial charge is 0.462 e. The molecule has 0 amide bonds. The van der Waals surface area contributed by atoms with Crippen molar-refractivity contribution >= 4 is 17.9 Å². The zero-order valence-electron chi connectivity index (χ0n) is 46.7. The molecule has 0 fully saturated rings. The highest BCUT2D eigenvalue weighted by Gasteiger charge is 2.19. The fourth-order valence-electron chi connectivity index (χ4n) is 7.97. The van der Waals surface area contributed by atoms with Gasteiger partial charge in [0.05, 0.1) is 0 Å². The van der Waals surface area contributed by atoms with Crippen molar-refractivity contribution in [1.29, 1.82) is 0 Å². The molecule has 72 heavy (non-hydrogen) atoms. The molecule has 1 unspecified atom stereocenters. The van der Waals surface area contributed by atoms with E-state index < -0.39 is 6.10 Å². The molecule has 0 spiro atoms. The van der Waals surface area contributed by atoms with Gasteiger partial charge < -0.3 is 14.2 Å². The van der Waals surface area contributed by atoms with Gasteiger partial charge in [0, 0.05) is 19.3 Å². The number of esters is 3. The topological polar surface area (TPSA) is 78.9 Å². The monoisotopic (exact) mass is 997 g/mol. The molecule has 0 saturated carbocycles. The molecule has 6 nitrogen and oxygen atoms in total. The molecule has 0 aliphatic rings. The summed E-state index contributed by atoms with van der Waals surface area (Å²) in [5, 5.41) is 0. The molecule has 0 heterocycles. The highest BCUT2D eigenvalue weighted by Crippen LogP contribution is 2.16. The Morgan fingerprint density at radius 1 is 0.306 bits per heavy atom. The van der Waals surface area contributed by atoms with Crippen molar-refractivity contribution in [3.05, 3.63) is 122 Å². The molecule has 0 aromatic rings. The molecule has 0 rings (SSSR count). The van der Waals surface area contributed by atoms with Gasteiger partial charge in [0.1, 0.15) is 13.2 Å². The van der Waals surface area contributed by atoms with Crippen molar-refractivity contribution in [2.75, 3.05) is 13.2 Å². The molecule has 0 bridgehead atoms. The van der Waals surface area contributed by atoms with Crippen LogP contribution < -0.4 is 0 Å². The van der Waals surface area contributed by atoms with Gasteiger partial charge >= 0.3 is 17.9 Å². The lowest BCUT2D eigenvalue weighted by Gasteiger charge is -2.18. The van der Waals surface area contributed by atoms with Crippen LogP contribution in [0.3, 0.4) is 0 Å². The van der Waals surface area contributed by atoms with Crippen molar-refractivity contribution < 1.29 is 28.6 Å².